The van der Waals surface area contributed by atoms with Crippen LogP contribution in [0.2, 0.25) is 0 Å². The number of carbonyl (C=O) groups is 1. The molecule has 8 nitrogen and oxygen atoms in total. The van der Waals surface area contributed by atoms with Gasteiger partial charge < -0.3 is 10.1 Å². The molecule has 5 aromatic rings. The summed E-state index contributed by atoms with van der Waals surface area (Å²) in [6.45, 7) is 4.23. The van der Waals surface area contributed by atoms with Gasteiger partial charge in [0.05, 0.1) is 18.9 Å². The predicted molar refractivity (Wildman–Crippen MR) is 142 cm³/mol. The fraction of sp³-hybridized carbons (Fsp3) is 0.192. The van der Waals surface area contributed by atoms with Gasteiger partial charge in [-0.15, -0.1) is 11.3 Å². The van der Waals surface area contributed by atoms with Crippen molar-refractivity contribution in [3.05, 3.63) is 77.7 Å². The molecule has 1 fully saturated rings. The molecule has 6 rings (SSSR count). The molecule has 1 aliphatic rings. The van der Waals surface area contributed by atoms with Gasteiger partial charge in [0.1, 0.15) is 26.1 Å². The van der Waals surface area contributed by atoms with E-state index < -0.39 is 0 Å². The number of morpholine rings is 1. The Morgan fingerprint density at radius 1 is 1.06 bits per heavy atom. The highest BCUT2D eigenvalue weighted by Crippen LogP contribution is 2.34. The summed E-state index contributed by atoms with van der Waals surface area (Å²) in [5.74, 6) is -0.258. The largest absolute Gasteiger partial charge is 0.379 e. The second-order valence-corrected chi connectivity index (χ2v) is 10.2. The minimum atomic E-state index is -0.258. The quantitative estimate of drug-likeness (QED) is 0.342. The van der Waals surface area contributed by atoms with Gasteiger partial charge >= 0.3 is 0 Å². The van der Waals surface area contributed by atoms with E-state index in [9.17, 15) is 4.79 Å². The number of rotatable bonds is 6. The first kappa shape index (κ1) is 22.9. The van der Waals surface area contributed by atoms with E-state index in [2.05, 4.69) is 31.2 Å². The lowest BCUT2D eigenvalue weighted by atomic mass is 10.2. The van der Waals surface area contributed by atoms with Crippen LogP contribution in [0.3, 0.4) is 0 Å². The lowest BCUT2D eigenvalue weighted by molar-refractivity contribution is 0.0341. The number of hydrogen-bond acceptors (Lipinski definition) is 9. The van der Waals surface area contributed by atoms with Crippen molar-refractivity contribution in [1.29, 1.82) is 0 Å². The van der Waals surface area contributed by atoms with E-state index >= 15 is 0 Å². The summed E-state index contributed by atoms with van der Waals surface area (Å²) in [4.78, 5) is 34.3. The lowest BCUT2D eigenvalue weighted by Crippen LogP contribution is -2.35. The minimum Gasteiger partial charge on any atom is -0.379 e. The van der Waals surface area contributed by atoms with E-state index in [1.54, 1.807) is 17.8 Å². The fourth-order valence-corrected chi connectivity index (χ4v) is 5.79. The molecule has 1 saturated heterocycles. The Hall–Kier alpha value is -3.57. The van der Waals surface area contributed by atoms with Crippen LogP contribution in [0.15, 0.2) is 66.4 Å². The molecule has 10 heteroatoms. The number of pyridine rings is 2. The van der Waals surface area contributed by atoms with Crippen LogP contribution >= 0.6 is 22.7 Å². The first-order valence-corrected chi connectivity index (χ1v) is 13.2. The molecule has 0 unspecified atom stereocenters. The molecule has 4 aromatic heterocycles. The summed E-state index contributed by atoms with van der Waals surface area (Å²) >= 11 is 2.95. The third-order valence-electron chi connectivity index (χ3n) is 5.88. The second-order valence-electron chi connectivity index (χ2n) is 8.35. The lowest BCUT2D eigenvalue weighted by Gasteiger charge is -2.26. The van der Waals surface area contributed by atoms with Crippen molar-refractivity contribution in [1.82, 2.24) is 24.8 Å². The molecule has 1 aliphatic heterocycles. The average molecular weight is 515 g/mol. The van der Waals surface area contributed by atoms with Gasteiger partial charge in [0.2, 0.25) is 0 Å². The van der Waals surface area contributed by atoms with Gasteiger partial charge in [0.15, 0.2) is 0 Å². The molecular formula is C26H22N6O2S2. The van der Waals surface area contributed by atoms with Crippen molar-refractivity contribution in [2.45, 2.75) is 6.54 Å². The number of para-hydroxylation sites is 1. The van der Waals surface area contributed by atoms with Gasteiger partial charge in [-0.2, -0.15) is 0 Å². The van der Waals surface area contributed by atoms with Gasteiger partial charge in [-0.3, -0.25) is 14.7 Å². The number of benzene rings is 1. The van der Waals surface area contributed by atoms with Crippen molar-refractivity contribution < 1.29 is 9.53 Å². The molecule has 0 spiro atoms. The van der Waals surface area contributed by atoms with Crippen LogP contribution in [0.4, 0.5) is 5.69 Å². The summed E-state index contributed by atoms with van der Waals surface area (Å²) in [6, 6.07) is 13.5. The van der Waals surface area contributed by atoms with Crippen molar-refractivity contribution in [3.8, 4) is 21.1 Å². The summed E-state index contributed by atoms with van der Waals surface area (Å²) in [5.41, 5.74) is 4.85. The van der Waals surface area contributed by atoms with E-state index in [1.165, 1.54) is 22.7 Å². The highest BCUT2D eigenvalue weighted by Gasteiger charge is 2.17. The molecule has 0 aliphatic carbocycles. The summed E-state index contributed by atoms with van der Waals surface area (Å²) < 4.78 is 5.44. The molecule has 180 valence electrons. The van der Waals surface area contributed by atoms with E-state index in [0.717, 1.165) is 69.9 Å². The van der Waals surface area contributed by atoms with E-state index in [0.29, 0.717) is 11.4 Å². The number of nitrogens with zero attached hydrogens (tertiary/aromatic N) is 5. The number of carbonyl (C=O) groups excluding carboxylic acids is 1. The Kier molecular flexibility index (Phi) is 6.48. The molecule has 36 heavy (non-hydrogen) atoms. The molecule has 1 aromatic carbocycles. The maximum Gasteiger partial charge on any atom is 0.275 e. The molecular weight excluding hydrogens is 492 g/mol. The zero-order valence-electron chi connectivity index (χ0n) is 19.3. The Morgan fingerprint density at radius 2 is 1.89 bits per heavy atom. The zero-order chi connectivity index (χ0) is 24.3. The minimum absolute atomic E-state index is 0.258. The monoisotopic (exact) mass is 514 g/mol. The zero-order valence-corrected chi connectivity index (χ0v) is 20.9. The molecule has 0 bridgehead atoms. The van der Waals surface area contributed by atoms with Crippen LogP contribution in [0.1, 0.15) is 16.1 Å². The maximum atomic E-state index is 13.0. The van der Waals surface area contributed by atoms with Crippen LogP contribution in [0.5, 0.6) is 0 Å². The molecule has 1 amide bonds. The molecule has 0 atom stereocenters. The third-order valence-corrected chi connectivity index (χ3v) is 7.79. The van der Waals surface area contributed by atoms with Gasteiger partial charge in [-0.25, -0.2) is 15.0 Å². The van der Waals surface area contributed by atoms with Crippen LogP contribution in [0, 0.1) is 0 Å². The summed E-state index contributed by atoms with van der Waals surface area (Å²) in [5, 5.41) is 6.38. The molecule has 5 heterocycles. The summed E-state index contributed by atoms with van der Waals surface area (Å²) in [7, 11) is 0. The van der Waals surface area contributed by atoms with Gasteiger partial charge in [0.25, 0.3) is 5.91 Å². The SMILES string of the molecule is O=C(Nc1ccccc1-c1nc2cc(CN3CCOCC3)cnc2s1)c1csc(-c2ccncc2)n1. The Morgan fingerprint density at radius 3 is 2.75 bits per heavy atom. The molecule has 0 radical (unpaired) electrons. The predicted octanol–water partition coefficient (Wildman–Crippen LogP) is 4.96. The first-order valence-electron chi connectivity index (χ1n) is 11.6. The van der Waals surface area contributed by atoms with Crippen molar-refractivity contribution in [2.24, 2.45) is 0 Å². The highest BCUT2D eigenvalue weighted by molar-refractivity contribution is 7.21. The number of anilines is 1. The Balaban J connectivity index is 1.23. The smallest absolute Gasteiger partial charge is 0.275 e. The van der Waals surface area contributed by atoms with E-state index in [-0.39, 0.29) is 5.91 Å². The van der Waals surface area contributed by atoms with Gasteiger partial charge in [0, 0.05) is 54.7 Å². The maximum absolute atomic E-state index is 13.0. The number of hydrogen-bond donors (Lipinski definition) is 1. The van der Waals surface area contributed by atoms with E-state index in [1.807, 2.05) is 42.6 Å². The Bertz CT molecular complexity index is 1510. The van der Waals surface area contributed by atoms with Crippen molar-refractivity contribution in [3.63, 3.8) is 0 Å². The van der Waals surface area contributed by atoms with Crippen LogP contribution in [-0.2, 0) is 11.3 Å². The third kappa shape index (κ3) is 4.89. The second kappa shape index (κ2) is 10.2. The number of nitrogens with one attached hydrogen (secondary N) is 1. The van der Waals surface area contributed by atoms with Crippen molar-refractivity contribution in [2.75, 3.05) is 31.6 Å². The van der Waals surface area contributed by atoms with Crippen LogP contribution in [0.25, 0.3) is 31.5 Å². The number of amides is 1. The average Bonchev–Trinajstić information content (AvgIpc) is 3.58. The fourth-order valence-electron chi connectivity index (χ4n) is 4.05. The topological polar surface area (TPSA) is 93.1 Å². The number of ether oxygens (including phenoxy) is 1. The normalized spacial score (nSPS) is 14.2. The molecule has 0 saturated carbocycles. The van der Waals surface area contributed by atoms with Crippen molar-refractivity contribution >= 4 is 44.6 Å². The number of thiazole rings is 2. The van der Waals surface area contributed by atoms with Gasteiger partial charge in [-0.1, -0.05) is 23.5 Å². The highest BCUT2D eigenvalue weighted by atomic mass is 32.1. The number of fused-ring (bicyclic) bond motifs is 1. The summed E-state index contributed by atoms with van der Waals surface area (Å²) in [6.07, 6.45) is 5.35. The number of aromatic nitrogens is 4. The van der Waals surface area contributed by atoms with E-state index in [4.69, 9.17) is 9.72 Å². The molecule has 1 N–H and O–H groups in total. The van der Waals surface area contributed by atoms with Crippen LogP contribution < -0.4 is 5.32 Å². The van der Waals surface area contributed by atoms with Crippen LogP contribution in [-0.4, -0.2) is 57.0 Å². The van der Waals surface area contributed by atoms with Gasteiger partial charge in [-0.05, 0) is 35.9 Å². The Labute approximate surface area is 215 Å². The first-order chi connectivity index (χ1) is 17.7. The standard InChI is InChI=1S/C26H22N6O2S2/c33-23(22-16-35-24(31-22)18-5-7-27-8-6-18)29-20-4-2-1-3-19(20)25-30-21-13-17(14-28-26(21)36-25)15-32-9-11-34-12-10-32/h1-8,13-14,16H,9-12,15H2,(H,29,33).